The topological polar surface area (TPSA) is 70.7 Å². The van der Waals surface area contributed by atoms with Crippen LogP contribution in [0.1, 0.15) is 42.5 Å². The predicted molar refractivity (Wildman–Crippen MR) is 99.9 cm³/mol. The molecule has 0 saturated carbocycles. The summed E-state index contributed by atoms with van der Waals surface area (Å²) in [5, 5.41) is 5.38. The van der Waals surface area contributed by atoms with Crippen LogP contribution in [0.3, 0.4) is 0 Å². The highest BCUT2D eigenvalue weighted by molar-refractivity contribution is 5.96. The molecule has 2 fully saturated rings. The van der Waals surface area contributed by atoms with Crippen molar-refractivity contribution in [1.82, 2.24) is 15.5 Å². The van der Waals surface area contributed by atoms with Gasteiger partial charge in [-0.15, -0.1) is 0 Å². The Balaban J connectivity index is 1.51. The average Bonchev–Trinajstić information content (AvgIpc) is 2.73. The molecule has 2 heterocycles. The van der Waals surface area contributed by atoms with E-state index in [0.29, 0.717) is 19.8 Å². The van der Waals surface area contributed by atoms with Gasteiger partial charge in [0.15, 0.2) is 11.6 Å². The number of likely N-dealkylation sites (tertiary alicyclic amines) is 1. The molecule has 0 radical (unpaired) electrons. The Kier molecular flexibility index (Phi) is 6.96. The smallest absolute Gasteiger partial charge is 0.251 e. The van der Waals surface area contributed by atoms with Gasteiger partial charge in [0.2, 0.25) is 5.91 Å². The van der Waals surface area contributed by atoms with Crippen molar-refractivity contribution in [2.24, 2.45) is 0 Å². The monoisotopic (exact) mass is 395 g/mol. The van der Waals surface area contributed by atoms with Crippen molar-refractivity contribution in [3.05, 3.63) is 35.4 Å². The van der Waals surface area contributed by atoms with Crippen LogP contribution >= 0.6 is 0 Å². The first-order valence-electron chi connectivity index (χ1n) is 9.83. The number of hydrogen-bond acceptors (Lipinski definition) is 4. The molecular weight excluding hydrogens is 368 g/mol. The molecule has 154 valence electrons. The molecule has 2 saturated heterocycles. The first-order chi connectivity index (χ1) is 13.5. The van der Waals surface area contributed by atoms with Crippen molar-refractivity contribution in [2.75, 3.05) is 39.4 Å². The van der Waals surface area contributed by atoms with Crippen LogP contribution in [0.25, 0.3) is 0 Å². The zero-order valence-electron chi connectivity index (χ0n) is 15.9. The van der Waals surface area contributed by atoms with Gasteiger partial charge in [0.05, 0.1) is 6.54 Å². The Bertz CT molecular complexity index is 702. The maximum Gasteiger partial charge on any atom is 0.251 e. The van der Waals surface area contributed by atoms with Crippen LogP contribution in [0.4, 0.5) is 8.78 Å². The third-order valence-electron chi connectivity index (χ3n) is 5.66. The summed E-state index contributed by atoms with van der Waals surface area (Å²) in [7, 11) is 0. The van der Waals surface area contributed by atoms with E-state index < -0.39 is 17.5 Å². The average molecular weight is 395 g/mol. The molecule has 1 aromatic rings. The van der Waals surface area contributed by atoms with Gasteiger partial charge < -0.3 is 15.4 Å². The number of nitrogens with one attached hydrogen (secondary N) is 2. The number of hydrogen-bond donors (Lipinski definition) is 2. The highest BCUT2D eigenvalue weighted by Crippen LogP contribution is 2.30. The number of carbonyl (C=O) groups excluding carboxylic acids is 2. The minimum Gasteiger partial charge on any atom is -0.381 e. The molecule has 2 N–H and O–H groups in total. The van der Waals surface area contributed by atoms with E-state index >= 15 is 0 Å². The second-order valence-corrected chi connectivity index (χ2v) is 7.47. The van der Waals surface area contributed by atoms with E-state index in [1.807, 2.05) is 0 Å². The fourth-order valence-electron chi connectivity index (χ4n) is 3.95. The molecule has 0 aliphatic carbocycles. The van der Waals surface area contributed by atoms with Gasteiger partial charge in [-0.3, -0.25) is 14.5 Å². The summed E-state index contributed by atoms with van der Waals surface area (Å²) in [6, 6.07) is 2.88. The maximum absolute atomic E-state index is 13.2. The van der Waals surface area contributed by atoms with Crippen LogP contribution in [-0.2, 0) is 9.53 Å². The standard InChI is InChI=1S/C20H27F2N3O3/c21-16-5-4-15(12-17(16)22)19(27)23-13-18(26)24-14-20(6-10-28-11-7-20)25-8-2-1-3-9-25/h4-5,12H,1-3,6-11,13-14H2,(H,23,27)(H,24,26). The molecule has 8 heteroatoms. The molecule has 2 amide bonds. The Morgan fingerprint density at radius 2 is 1.75 bits per heavy atom. The molecular formula is C20H27F2N3O3. The lowest BCUT2D eigenvalue weighted by atomic mass is 9.86. The predicted octanol–water partition coefficient (Wildman–Crippen LogP) is 1.85. The normalized spacial score (nSPS) is 19.8. The summed E-state index contributed by atoms with van der Waals surface area (Å²) in [6.07, 6.45) is 5.32. The molecule has 28 heavy (non-hydrogen) atoms. The summed E-state index contributed by atoms with van der Waals surface area (Å²) in [6.45, 7) is 3.71. The Labute approximate surface area is 163 Å². The zero-order valence-corrected chi connectivity index (χ0v) is 15.9. The van der Waals surface area contributed by atoms with Crippen molar-refractivity contribution >= 4 is 11.8 Å². The molecule has 2 aliphatic heterocycles. The highest BCUT2D eigenvalue weighted by atomic mass is 19.2. The number of carbonyl (C=O) groups is 2. The van der Waals surface area contributed by atoms with Crippen molar-refractivity contribution in [3.63, 3.8) is 0 Å². The fraction of sp³-hybridized carbons (Fsp3) is 0.600. The summed E-state index contributed by atoms with van der Waals surface area (Å²) in [5.74, 6) is -3.04. The van der Waals surface area contributed by atoms with Crippen LogP contribution in [0.5, 0.6) is 0 Å². The van der Waals surface area contributed by atoms with Crippen LogP contribution < -0.4 is 10.6 Å². The largest absolute Gasteiger partial charge is 0.381 e. The van der Waals surface area contributed by atoms with Gasteiger partial charge in [-0.1, -0.05) is 6.42 Å². The minimum absolute atomic E-state index is 0.0269. The van der Waals surface area contributed by atoms with E-state index in [1.54, 1.807) is 0 Å². The van der Waals surface area contributed by atoms with Crippen molar-refractivity contribution in [2.45, 2.75) is 37.6 Å². The number of piperidine rings is 1. The Morgan fingerprint density at radius 1 is 1.04 bits per heavy atom. The number of rotatable bonds is 6. The van der Waals surface area contributed by atoms with Gasteiger partial charge in [0.25, 0.3) is 5.91 Å². The van der Waals surface area contributed by atoms with Crippen molar-refractivity contribution in [3.8, 4) is 0 Å². The van der Waals surface area contributed by atoms with Crippen molar-refractivity contribution in [1.29, 1.82) is 0 Å². The van der Waals surface area contributed by atoms with E-state index in [-0.39, 0.29) is 23.6 Å². The number of benzene rings is 1. The quantitative estimate of drug-likeness (QED) is 0.771. The van der Waals surface area contributed by atoms with Gasteiger partial charge in [-0.05, 0) is 57.0 Å². The number of halogens is 2. The van der Waals surface area contributed by atoms with Gasteiger partial charge in [-0.2, -0.15) is 0 Å². The number of nitrogens with zero attached hydrogens (tertiary/aromatic N) is 1. The molecule has 0 spiro atoms. The van der Waals surface area contributed by atoms with Crippen LogP contribution in [0.2, 0.25) is 0 Å². The molecule has 6 nitrogen and oxygen atoms in total. The summed E-state index contributed by atoms with van der Waals surface area (Å²) >= 11 is 0. The van der Waals surface area contributed by atoms with Gasteiger partial charge in [0, 0.05) is 30.9 Å². The summed E-state index contributed by atoms with van der Waals surface area (Å²) < 4.78 is 31.7. The van der Waals surface area contributed by atoms with Gasteiger partial charge >= 0.3 is 0 Å². The van der Waals surface area contributed by atoms with E-state index in [2.05, 4.69) is 15.5 Å². The SMILES string of the molecule is O=C(CNC(=O)c1ccc(F)c(F)c1)NCC1(N2CCCCC2)CCOCC1. The highest BCUT2D eigenvalue weighted by Gasteiger charge is 2.39. The maximum atomic E-state index is 13.2. The van der Waals surface area contributed by atoms with Crippen molar-refractivity contribution < 1.29 is 23.1 Å². The van der Waals surface area contributed by atoms with E-state index in [1.165, 1.54) is 25.3 Å². The summed E-state index contributed by atoms with van der Waals surface area (Å²) in [4.78, 5) is 26.8. The third-order valence-corrected chi connectivity index (χ3v) is 5.66. The zero-order chi connectivity index (χ0) is 20.0. The van der Waals surface area contributed by atoms with E-state index in [0.717, 1.165) is 38.1 Å². The van der Waals surface area contributed by atoms with Crippen LogP contribution in [0.15, 0.2) is 18.2 Å². The second kappa shape index (κ2) is 9.43. The fourth-order valence-corrected chi connectivity index (χ4v) is 3.95. The van der Waals surface area contributed by atoms with Crippen LogP contribution in [-0.4, -0.2) is 61.6 Å². The van der Waals surface area contributed by atoms with Gasteiger partial charge in [-0.25, -0.2) is 8.78 Å². The van der Waals surface area contributed by atoms with E-state index in [4.69, 9.17) is 4.74 Å². The first kappa shape index (κ1) is 20.7. The number of ether oxygens (including phenoxy) is 1. The van der Waals surface area contributed by atoms with Crippen LogP contribution in [0, 0.1) is 11.6 Å². The lowest BCUT2D eigenvalue weighted by Crippen LogP contribution is -2.60. The summed E-state index contributed by atoms with van der Waals surface area (Å²) in [5.41, 5.74) is -0.126. The van der Waals surface area contributed by atoms with E-state index in [9.17, 15) is 18.4 Å². The third kappa shape index (κ3) is 5.05. The molecule has 1 aromatic carbocycles. The number of amides is 2. The Hall–Kier alpha value is -2.06. The molecule has 2 aliphatic rings. The molecule has 0 bridgehead atoms. The molecule has 0 atom stereocenters. The molecule has 0 aromatic heterocycles. The molecule has 3 rings (SSSR count). The lowest BCUT2D eigenvalue weighted by Gasteiger charge is -2.48. The molecule has 0 unspecified atom stereocenters. The first-order valence-corrected chi connectivity index (χ1v) is 9.83. The second-order valence-electron chi connectivity index (χ2n) is 7.47. The minimum atomic E-state index is -1.10. The lowest BCUT2D eigenvalue weighted by molar-refractivity contribution is -0.121. The Morgan fingerprint density at radius 3 is 2.43 bits per heavy atom. The van der Waals surface area contributed by atoms with Gasteiger partial charge in [0.1, 0.15) is 0 Å².